The van der Waals surface area contributed by atoms with Crippen molar-refractivity contribution in [2.45, 2.75) is 0 Å². The minimum absolute atomic E-state index is 0.115. The first kappa shape index (κ1) is 16.2. The zero-order valence-corrected chi connectivity index (χ0v) is 12.8. The molecule has 0 atom stereocenters. The van der Waals surface area contributed by atoms with Gasteiger partial charge < -0.3 is 14.8 Å². The van der Waals surface area contributed by atoms with Gasteiger partial charge in [0.05, 0.1) is 31.0 Å². The predicted molar refractivity (Wildman–Crippen MR) is 80.3 cm³/mol. The van der Waals surface area contributed by atoms with Crippen molar-refractivity contribution in [1.82, 2.24) is 9.78 Å². The molecule has 0 aliphatic carbocycles. The number of methoxy groups -OCH3 is 2. The summed E-state index contributed by atoms with van der Waals surface area (Å²) < 4.78 is 10.8. The van der Waals surface area contributed by atoms with Gasteiger partial charge in [-0.15, -0.1) is 0 Å². The normalized spacial score (nSPS) is 10.0. The molecule has 1 aromatic carbocycles. The molecule has 8 nitrogen and oxygen atoms in total. The van der Waals surface area contributed by atoms with E-state index in [0.29, 0.717) is 0 Å². The number of nitrogens with zero attached hydrogens (tertiary/aromatic N) is 2. The lowest BCUT2D eigenvalue weighted by Gasteiger charge is -2.10. The van der Waals surface area contributed by atoms with Gasteiger partial charge in [0.2, 0.25) is 0 Å². The molecule has 120 valence electrons. The molecule has 1 N–H and O–H groups in total. The monoisotopic (exact) mass is 317 g/mol. The van der Waals surface area contributed by atoms with Crippen LogP contribution in [0.2, 0.25) is 0 Å². The van der Waals surface area contributed by atoms with Crippen molar-refractivity contribution in [2.75, 3.05) is 19.5 Å². The second kappa shape index (κ2) is 6.73. The zero-order valence-electron chi connectivity index (χ0n) is 12.8. The summed E-state index contributed by atoms with van der Waals surface area (Å²) in [5.41, 5.74) is 0.614. The molecular weight excluding hydrogens is 302 g/mol. The maximum absolute atomic E-state index is 12.2. The van der Waals surface area contributed by atoms with E-state index in [2.05, 4.69) is 19.9 Å². The first-order chi connectivity index (χ1) is 11.0. The van der Waals surface area contributed by atoms with Gasteiger partial charge in [0.1, 0.15) is 0 Å². The summed E-state index contributed by atoms with van der Waals surface area (Å²) in [5, 5.41) is 6.52. The maximum Gasteiger partial charge on any atom is 0.339 e. The van der Waals surface area contributed by atoms with Crippen LogP contribution in [-0.4, -0.2) is 41.8 Å². The van der Waals surface area contributed by atoms with Crippen LogP contribution in [0.4, 0.5) is 5.69 Å². The topological polar surface area (TPSA) is 99.5 Å². The van der Waals surface area contributed by atoms with E-state index < -0.39 is 17.8 Å². The second-order valence-corrected chi connectivity index (χ2v) is 4.57. The van der Waals surface area contributed by atoms with Crippen LogP contribution in [0.1, 0.15) is 31.2 Å². The Bertz CT molecular complexity index is 766. The van der Waals surface area contributed by atoms with Gasteiger partial charge in [-0.05, 0) is 24.3 Å². The fraction of sp³-hybridized carbons (Fsp3) is 0.200. The first-order valence-electron chi connectivity index (χ1n) is 6.58. The van der Waals surface area contributed by atoms with Crippen molar-refractivity contribution < 1.29 is 23.9 Å². The van der Waals surface area contributed by atoms with Crippen LogP contribution in [-0.2, 0) is 16.5 Å². The van der Waals surface area contributed by atoms with Crippen LogP contribution >= 0.6 is 0 Å². The molecule has 2 rings (SSSR count). The average molecular weight is 317 g/mol. The number of benzene rings is 1. The molecule has 0 spiro atoms. The third-order valence-electron chi connectivity index (χ3n) is 3.04. The van der Waals surface area contributed by atoms with Crippen LogP contribution in [0.5, 0.6) is 0 Å². The number of esters is 2. The van der Waals surface area contributed by atoms with Gasteiger partial charge in [-0.3, -0.25) is 9.48 Å². The van der Waals surface area contributed by atoms with Crippen LogP contribution in [0.15, 0.2) is 30.5 Å². The van der Waals surface area contributed by atoms with Gasteiger partial charge in [-0.2, -0.15) is 5.10 Å². The van der Waals surface area contributed by atoms with E-state index in [9.17, 15) is 14.4 Å². The molecule has 0 aliphatic heterocycles. The number of aromatic nitrogens is 2. The van der Waals surface area contributed by atoms with Gasteiger partial charge in [-0.1, -0.05) is 0 Å². The summed E-state index contributed by atoms with van der Waals surface area (Å²) in [5.74, 6) is -1.75. The van der Waals surface area contributed by atoms with Crippen molar-refractivity contribution in [2.24, 2.45) is 7.05 Å². The zero-order chi connectivity index (χ0) is 17.0. The number of ether oxygens (including phenoxy) is 2. The Morgan fingerprint density at radius 3 is 2.35 bits per heavy atom. The summed E-state index contributed by atoms with van der Waals surface area (Å²) >= 11 is 0. The van der Waals surface area contributed by atoms with Crippen molar-refractivity contribution in [1.29, 1.82) is 0 Å². The van der Waals surface area contributed by atoms with E-state index >= 15 is 0 Å². The lowest BCUT2D eigenvalue weighted by atomic mass is 10.1. The molecule has 0 unspecified atom stereocenters. The van der Waals surface area contributed by atoms with Crippen molar-refractivity contribution in [3.63, 3.8) is 0 Å². The lowest BCUT2D eigenvalue weighted by Crippen LogP contribution is -2.17. The molecule has 0 aliphatic rings. The maximum atomic E-state index is 12.2. The molecule has 1 aromatic heterocycles. The van der Waals surface area contributed by atoms with E-state index in [4.69, 9.17) is 0 Å². The van der Waals surface area contributed by atoms with E-state index in [1.165, 1.54) is 43.2 Å². The molecule has 0 fully saturated rings. The Hall–Kier alpha value is -3.16. The number of hydrogen-bond donors (Lipinski definition) is 1. The standard InChI is InChI=1S/C15H15N3O5/c1-18-7-6-11(17-18)13(19)16-12-8-9(14(20)22-2)4-5-10(12)15(21)23-3/h4-8H,1-3H3,(H,16,19). The van der Waals surface area contributed by atoms with E-state index in [1.807, 2.05) is 0 Å². The second-order valence-electron chi connectivity index (χ2n) is 4.57. The Kier molecular flexibility index (Phi) is 4.75. The fourth-order valence-electron chi connectivity index (χ4n) is 1.90. The SMILES string of the molecule is COC(=O)c1ccc(C(=O)OC)c(NC(=O)c2ccn(C)n2)c1. The Morgan fingerprint density at radius 2 is 1.78 bits per heavy atom. The van der Waals surface area contributed by atoms with E-state index in [0.717, 1.165) is 0 Å². The van der Waals surface area contributed by atoms with Crippen LogP contribution in [0.25, 0.3) is 0 Å². The highest BCUT2D eigenvalue weighted by molar-refractivity contribution is 6.08. The quantitative estimate of drug-likeness (QED) is 0.852. The van der Waals surface area contributed by atoms with E-state index in [-0.39, 0.29) is 22.5 Å². The minimum atomic E-state index is -0.641. The molecule has 23 heavy (non-hydrogen) atoms. The highest BCUT2D eigenvalue weighted by Crippen LogP contribution is 2.20. The van der Waals surface area contributed by atoms with Gasteiger partial charge in [0, 0.05) is 13.2 Å². The Morgan fingerprint density at radius 1 is 1.09 bits per heavy atom. The molecule has 1 amide bonds. The largest absolute Gasteiger partial charge is 0.465 e. The molecule has 0 saturated carbocycles. The van der Waals surface area contributed by atoms with Crippen LogP contribution in [0.3, 0.4) is 0 Å². The molecule has 0 saturated heterocycles. The highest BCUT2D eigenvalue weighted by Gasteiger charge is 2.18. The van der Waals surface area contributed by atoms with Gasteiger partial charge >= 0.3 is 11.9 Å². The Labute approximate surface area is 132 Å². The number of nitrogens with one attached hydrogen (secondary N) is 1. The third-order valence-corrected chi connectivity index (χ3v) is 3.04. The number of carbonyl (C=O) groups excluding carboxylic acids is 3. The number of carbonyl (C=O) groups is 3. The van der Waals surface area contributed by atoms with Crippen molar-refractivity contribution >= 4 is 23.5 Å². The van der Waals surface area contributed by atoms with Crippen molar-refractivity contribution in [3.05, 3.63) is 47.3 Å². The number of aryl methyl sites for hydroxylation is 1. The van der Waals surface area contributed by atoms with Gasteiger partial charge in [-0.25, -0.2) is 9.59 Å². The summed E-state index contributed by atoms with van der Waals surface area (Å²) in [6.07, 6.45) is 1.61. The van der Waals surface area contributed by atoms with Crippen LogP contribution in [0, 0.1) is 0 Å². The number of amides is 1. The molecule has 0 bridgehead atoms. The summed E-state index contributed by atoms with van der Waals surface area (Å²) in [4.78, 5) is 35.6. The summed E-state index contributed by atoms with van der Waals surface area (Å²) in [6.45, 7) is 0. The smallest absolute Gasteiger partial charge is 0.339 e. The average Bonchev–Trinajstić information content (AvgIpc) is 3.00. The Balaban J connectivity index is 2.38. The molecule has 8 heteroatoms. The number of rotatable bonds is 4. The van der Waals surface area contributed by atoms with E-state index in [1.54, 1.807) is 13.2 Å². The lowest BCUT2D eigenvalue weighted by molar-refractivity contribution is 0.0587. The van der Waals surface area contributed by atoms with Crippen molar-refractivity contribution in [3.8, 4) is 0 Å². The van der Waals surface area contributed by atoms with Crippen LogP contribution < -0.4 is 5.32 Å². The highest BCUT2D eigenvalue weighted by atomic mass is 16.5. The summed E-state index contributed by atoms with van der Waals surface area (Å²) in [7, 11) is 4.14. The van der Waals surface area contributed by atoms with Gasteiger partial charge in [0.25, 0.3) is 5.91 Å². The fourth-order valence-corrected chi connectivity index (χ4v) is 1.90. The molecule has 0 radical (unpaired) electrons. The minimum Gasteiger partial charge on any atom is -0.465 e. The first-order valence-corrected chi connectivity index (χ1v) is 6.58. The predicted octanol–water partition coefficient (Wildman–Crippen LogP) is 1.25. The molecular formula is C15H15N3O5. The molecule has 2 aromatic rings. The number of hydrogen-bond acceptors (Lipinski definition) is 6. The van der Waals surface area contributed by atoms with Gasteiger partial charge in [0.15, 0.2) is 5.69 Å². The number of anilines is 1. The molecule has 1 heterocycles. The third kappa shape index (κ3) is 3.54. The summed E-state index contributed by atoms with van der Waals surface area (Å²) in [6, 6.07) is 5.66.